The minimum absolute atomic E-state index is 0.122. The molecule has 140 valence electrons. The van der Waals surface area contributed by atoms with Crippen LogP contribution < -0.4 is 20.7 Å². The van der Waals surface area contributed by atoms with Gasteiger partial charge in [-0.25, -0.2) is 0 Å². The predicted molar refractivity (Wildman–Crippen MR) is 102 cm³/mol. The molecular formula is C20H21N3O4. The van der Waals surface area contributed by atoms with Crippen molar-refractivity contribution in [3.63, 3.8) is 0 Å². The zero-order valence-electron chi connectivity index (χ0n) is 15.2. The van der Waals surface area contributed by atoms with E-state index in [1.807, 2.05) is 25.1 Å². The number of hydrogen-bond donors (Lipinski definition) is 2. The van der Waals surface area contributed by atoms with Gasteiger partial charge in [-0.15, -0.1) is 0 Å². The molecule has 3 N–H and O–H groups in total. The Morgan fingerprint density at radius 3 is 2.52 bits per heavy atom. The molecule has 3 rings (SSSR count). The van der Waals surface area contributed by atoms with Crippen LogP contribution >= 0.6 is 0 Å². The van der Waals surface area contributed by atoms with Gasteiger partial charge in [-0.3, -0.25) is 14.4 Å². The van der Waals surface area contributed by atoms with Crippen molar-refractivity contribution in [3.05, 3.63) is 53.6 Å². The van der Waals surface area contributed by atoms with Crippen LogP contribution in [-0.2, 0) is 9.59 Å². The Hall–Kier alpha value is -3.35. The highest BCUT2D eigenvalue weighted by Crippen LogP contribution is 2.34. The van der Waals surface area contributed by atoms with Crippen LogP contribution in [0.15, 0.2) is 42.5 Å². The molecule has 0 spiro atoms. The van der Waals surface area contributed by atoms with Gasteiger partial charge in [0.1, 0.15) is 5.75 Å². The van der Waals surface area contributed by atoms with Crippen LogP contribution in [0.5, 0.6) is 5.75 Å². The van der Waals surface area contributed by atoms with Crippen molar-refractivity contribution in [3.8, 4) is 5.75 Å². The second-order valence-electron chi connectivity index (χ2n) is 6.51. The SMILES string of the molecule is COc1ccc(C)cc1N1CC(C(=O)Nc2ccc(C(N)=O)cc2)CC1=O. The van der Waals surface area contributed by atoms with E-state index < -0.39 is 11.8 Å². The van der Waals surface area contributed by atoms with Crippen molar-refractivity contribution < 1.29 is 19.1 Å². The van der Waals surface area contributed by atoms with Gasteiger partial charge in [-0.2, -0.15) is 0 Å². The molecule has 1 unspecified atom stereocenters. The van der Waals surface area contributed by atoms with Crippen LogP contribution in [0.4, 0.5) is 11.4 Å². The molecule has 0 bridgehead atoms. The molecule has 0 aromatic heterocycles. The van der Waals surface area contributed by atoms with Crippen molar-refractivity contribution in [2.75, 3.05) is 23.9 Å². The minimum Gasteiger partial charge on any atom is -0.495 e. The molecular weight excluding hydrogens is 346 g/mol. The number of nitrogens with two attached hydrogens (primary N) is 1. The number of ether oxygens (including phenoxy) is 1. The number of primary amides is 1. The lowest BCUT2D eigenvalue weighted by atomic mass is 10.1. The molecule has 1 aliphatic rings. The summed E-state index contributed by atoms with van der Waals surface area (Å²) >= 11 is 0. The number of carbonyl (C=O) groups is 3. The lowest BCUT2D eigenvalue weighted by Crippen LogP contribution is -2.28. The number of amides is 3. The van der Waals surface area contributed by atoms with Gasteiger partial charge in [0.15, 0.2) is 0 Å². The van der Waals surface area contributed by atoms with Gasteiger partial charge in [0.25, 0.3) is 0 Å². The first kappa shape index (κ1) is 18.4. The fraction of sp³-hybridized carbons (Fsp3) is 0.250. The summed E-state index contributed by atoms with van der Waals surface area (Å²) < 4.78 is 5.35. The number of rotatable bonds is 5. The normalized spacial score (nSPS) is 16.3. The molecule has 1 saturated heterocycles. The van der Waals surface area contributed by atoms with Gasteiger partial charge in [0.2, 0.25) is 17.7 Å². The molecule has 0 saturated carbocycles. The summed E-state index contributed by atoms with van der Waals surface area (Å²) in [7, 11) is 1.55. The van der Waals surface area contributed by atoms with Gasteiger partial charge < -0.3 is 20.7 Å². The number of methoxy groups -OCH3 is 1. The Kier molecular flexibility index (Phi) is 5.12. The average Bonchev–Trinajstić information content (AvgIpc) is 3.04. The first-order valence-corrected chi connectivity index (χ1v) is 8.54. The van der Waals surface area contributed by atoms with Crippen molar-refractivity contribution in [1.82, 2.24) is 0 Å². The van der Waals surface area contributed by atoms with Gasteiger partial charge in [0, 0.05) is 24.2 Å². The van der Waals surface area contributed by atoms with Crippen molar-refractivity contribution in [2.24, 2.45) is 11.7 Å². The number of benzene rings is 2. The average molecular weight is 367 g/mol. The second-order valence-corrected chi connectivity index (χ2v) is 6.51. The van der Waals surface area contributed by atoms with E-state index in [2.05, 4.69) is 5.32 Å². The van der Waals surface area contributed by atoms with E-state index in [-0.39, 0.29) is 24.8 Å². The maximum Gasteiger partial charge on any atom is 0.248 e. The molecule has 1 aliphatic heterocycles. The molecule has 1 fully saturated rings. The molecule has 1 heterocycles. The van der Waals surface area contributed by atoms with Crippen LogP contribution in [0.1, 0.15) is 22.3 Å². The summed E-state index contributed by atoms with van der Waals surface area (Å²) in [5.41, 5.74) is 7.78. The number of hydrogen-bond acceptors (Lipinski definition) is 4. The lowest BCUT2D eigenvalue weighted by molar-refractivity contribution is -0.122. The van der Waals surface area contributed by atoms with E-state index >= 15 is 0 Å². The monoisotopic (exact) mass is 367 g/mol. The van der Waals surface area contributed by atoms with E-state index in [0.29, 0.717) is 22.7 Å². The minimum atomic E-state index is -0.531. The number of anilines is 2. The van der Waals surface area contributed by atoms with Gasteiger partial charge in [-0.05, 0) is 48.9 Å². The van der Waals surface area contributed by atoms with Crippen LogP contribution in [0.3, 0.4) is 0 Å². The van der Waals surface area contributed by atoms with E-state index in [9.17, 15) is 14.4 Å². The highest BCUT2D eigenvalue weighted by molar-refractivity contribution is 6.04. The molecule has 0 radical (unpaired) electrons. The zero-order valence-corrected chi connectivity index (χ0v) is 15.2. The molecule has 0 aliphatic carbocycles. The predicted octanol–water partition coefficient (Wildman–Crippen LogP) is 2.09. The lowest BCUT2D eigenvalue weighted by Gasteiger charge is -2.20. The first-order chi connectivity index (χ1) is 12.9. The summed E-state index contributed by atoms with van der Waals surface area (Å²) in [5.74, 6) is -0.778. The number of nitrogens with zero attached hydrogens (tertiary/aromatic N) is 1. The van der Waals surface area contributed by atoms with Crippen molar-refractivity contribution in [2.45, 2.75) is 13.3 Å². The van der Waals surface area contributed by atoms with E-state index in [0.717, 1.165) is 5.56 Å². The standard InChI is InChI=1S/C20H21N3O4/c1-12-3-8-17(27-2)16(9-12)23-11-14(10-18(23)24)20(26)22-15-6-4-13(5-7-15)19(21)25/h3-9,14H,10-11H2,1-2H3,(H2,21,25)(H,22,26). The summed E-state index contributed by atoms with van der Waals surface area (Å²) in [6, 6.07) is 11.9. The Morgan fingerprint density at radius 1 is 1.19 bits per heavy atom. The first-order valence-electron chi connectivity index (χ1n) is 8.54. The second kappa shape index (κ2) is 7.49. The van der Waals surface area contributed by atoms with Crippen molar-refractivity contribution in [1.29, 1.82) is 0 Å². The fourth-order valence-corrected chi connectivity index (χ4v) is 3.09. The Morgan fingerprint density at radius 2 is 1.89 bits per heavy atom. The van der Waals surface area contributed by atoms with Crippen LogP contribution in [0, 0.1) is 12.8 Å². The van der Waals surface area contributed by atoms with E-state index in [1.165, 1.54) is 0 Å². The van der Waals surface area contributed by atoms with Crippen LogP contribution in [0.2, 0.25) is 0 Å². The number of carbonyl (C=O) groups excluding carboxylic acids is 3. The van der Waals surface area contributed by atoms with Crippen LogP contribution in [-0.4, -0.2) is 31.4 Å². The summed E-state index contributed by atoms with van der Waals surface area (Å²) in [5, 5.41) is 2.78. The smallest absolute Gasteiger partial charge is 0.248 e. The highest BCUT2D eigenvalue weighted by atomic mass is 16.5. The molecule has 2 aromatic rings. The summed E-state index contributed by atoms with van der Waals surface area (Å²) in [6.45, 7) is 2.22. The summed E-state index contributed by atoms with van der Waals surface area (Å²) in [4.78, 5) is 37.7. The maximum atomic E-state index is 12.6. The van der Waals surface area contributed by atoms with Gasteiger partial charge >= 0.3 is 0 Å². The Balaban J connectivity index is 1.72. The molecule has 27 heavy (non-hydrogen) atoms. The Labute approximate surface area is 157 Å². The molecule has 7 heteroatoms. The van der Waals surface area contributed by atoms with E-state index in [1.54, 1.807) is 36.3 Å². The third kappa shape index (κ3) is 3.92. The fourth-order valence-electron chi connectivity index (χ4n) is 3.09. The zero-order chi connectivity index (χ0) is 19.6. The molecule has 7 nitrogen and oxygen atoms in total. The Bertz CT molecular complexity index is 893. The van der Waals surface area contributed by atoms with Crippen LogP contribution in [0.25, 0.3) is 0 Å². The number of nitrogens with one attached hydrogen (secondary N) is 1. The van der Waals surface area contributed by atoms with Gasteiger partial charge in [-0.1, -0.05) is 6.07 Å². The third-order valence-corrected chi connectivity index (χ3v) is 4.56. The quantitative estimate of drug-likeness (QED) is 0.845. The van der Waals surface area contributed by atoms with Crippen molar-refractivity contribution >= 4 is 29.1 Å². The summed E-state index contributed by atoms with van der Waals surface area (Å²) in [6.07, 6.45) is 0.127. The number of aryl methyl sites for hydroxylation is 1. The molecule has 2 aromatic carbocycles. The third-order valence-electron chi connectivity index (χ3n) is 4.56. The maximum absolute atomic E-state index is 12.6. The highest BCUT2D eigenvalue weighted by Gasteiger charge is 2.36. The van der Waals surface area contributed by atoms with Gasteiger partial charge in [0.05, 0.1) is 18.7 Å². The molecule has 1 atom stereocenters. The topological polar surface area (TPSA) is 102 Å². The largest absolute Gasteiger partial charge is 0.495 e. The molecule has 3 amide bonds. The van der Waals surface area contributed by atoms with E-state index in [4.69, 9.17) is 10.5 Å².